The molecule has 108 valence electrons. The number of nitrogens with zero attached hydrogens (tertiary/aromatic N) is 1. The molecule has 0 aliphatic rings. The number of rotatable bonds is 6. The maximum Gasteiger partial charge on any atom is 0.0749 e. The van der Waals surface area contributed by atoms with E-state index in [0.717, 1.165) is 11.1 Å². The van der Waals surface area contributed by atoms with E-state index >= 15 is 0 Å². The molecule has 2 rings (SSSR count). The lowest BCUT2D eigenvalue weighted by molar-refractivity contribution is 0.528. The maximum atomic E-state index is 4.52. The van der Waals surface area contributed by atoms with E-state index < -0.39 is 0 Å². The number of nitrogens with one attached hydrogen (secondary N) is 1. The van der Waals surface area contributed by atoms with Gasteiger partial charge in [-0.05, 0) is 31.1 Å². The average Bonchev–Trinajstić information content (AvgIpc) is 2.51. The number of pyridine rings is 1. The first-order valence-electron chi connectivity index (χ1n) is 7.22. The Morgan fingerprint density at radius 2 is 1.95 bits per heavy atom. The van der Waals surface area contributed by atoms with Crippen molar-refractivity contribution < 1.29 is 0 Å². The van der Waals surface area contributed by atoms with E-state index in [1.165, 1.54) is 10.9 Å². The van der Waals surface area contributed by atoms with Crippen LogP contribution in [0.1, 0.15) is 25.5 Å². The number of para-hydroxylation sites is 1. The van der Waals surface area contributed by atoms with Crippen molar-refractivity contribution in [3.05, 3.63) is 79.1 Å². The van der Waals surface area contributed by atoms with Crippen molar-refractivity contribution >= 4 is 10.9 Å². The van der Waals surface area contributed by atoms with Gasteiger partial charge in [-0.15, -0.1) is 0 Å². The zero-order valence-electron chi connectivity index (χ0n) is 12.7. The molecule has 0 radical (unpaired) electrons. The van der Waals surface area contributed by atoms with Crippen molar-refractivity contribution in [2.24, 2.45) is 0 Å². The molecule has 2 unspecified atom stereocenters. The number of hydrogen-bond acceptors (Lipinski definition) is 2. The molecule has 21 heavy (non-hydrogen) atoms. The van der Waals surface area contributed by atoms with Gasteiger partial charge in [-0.3, -0.25) is 4.98 Å². The minimum Gasteiger partial charge on any atom is -0.304 e. The highest BCUT2D eigenvalue weighted by atomic mass is 14.9. The van der Waals surface area contributed by atoms with Crippen LogP contribution < -0.4 is 5.32 Å². The number of hydrogen-bond donors (Lipinski definition) is 1. The van der Waals surface area contributed by atoms with E-state index in [1.54, 1.807) is 6.08 Å². The number of benzene rings is 1. The Morgan fingerprint density at radius 3 is 2.67 bits per heavy atom. The third-order valence-corrected chi connectivity index (χ3v) is 3.68. The summed E-state index contributed by atoms with van der Waals surface area (Å²) in [5.74, 6) is 0. The summed E-state index contributed by atoms with van der Waals surface area (Å²) < 4.78 is 0. The lowest BCUT2D eigenvalue weighted by Gasteiger charge is -2.22. The first-order chi connectivity index (χ1) is 10.2. The van der Waals surface area contributed by atoms with Crippen LogP contribution in [0.4, 0.5) is 0 Å². The Balaban J connectivity index is 2.26. The number of allylic oxidation sites excluding steroid dienone is 2. The van der Waals surface area contributed by atoms with E-state index in [-0.39, 0.29) is 12.1 Å². The van der Waals surface area contributed by atoms with Gasteiger partial charge >= 0.3 is 0 Å². The van der Waals surface area contributed by atoms with E-state index in [1.807, 2.05) is 24.4 Å². The molecule has 0 fully saturated rings. The minimum atomic E-state index is 0.201. The average molecular weight is 278 g/mol. The van der Waals surface area contributed by atoms with E-state index in [4.69, 9.17) is 0 Å². The number of fused-ring (bicyclic) bond motifs is 1. The molecule has 2 nitrogen and oxygen atoms in total. The van der Waals surface area contributed by atoms with Gasteiger partial charge in [0.25, 0.3) is 0 Å². The van der Waals surface area contributed by atoms with Crippen molar-refractivity contribution in [1.29, 1.82) is 0 Å². The quantitative estimate of drug-likeness (QED) is 0.783. The molecule has 0 spiro atoms. The molecular formula is C19H22N2. The van der Waals surface area contributed by atoms with Crippen molar-refractivity contribution in [3.8, 4) is 0 Å². The monoisotopic (exact) mass is 278 g/mol. The largest absolute Gasteiger partial charge is 0.304 e. The third kappa shape index (κ3) is 3.47. The summed E-state index contributed by atoms with van der Waals surface area (Å²) in [4.78, 5) is 4.52. The highest BCUT2D eigenvalue weighted by Gasteiger charge is 2.14. The van der Waals surface area contributed by atoms with Crippen molar-refractivity contribution in [3.63, 3.8) is 0 Å². The summed E-state index contributed by atoms with van der Waals surface area (Å²) in [6.07, 6.45) is 7.49. The normalized spacial score (nSPS) is 14.7. The molecule has 0 amide bonds. The van der Waals surface area contributed by atoms with Crippen molar-refractivity contribution in [2.75, 3.05) is 0 Å². The van der Waals surface area contributed by atoms with Crippen LogP contribution >= 0.6 is 0 Å². The molecule has 2 atom stereocenters. The zero-order chi connectivity index (χ0) is 15.2. The summed E-state index contributed by atoms with van der Waals surface area (Å²) in [5.41, 5.74) is 3.40. The molecule has 2 aromatic rings. The molecule has 0 aliphatic carbocycles. The predicted molar refractivity (Wildman–Crippen MR) is 91.2 cm³/mol. The van der Waals surface area contributed by atoms with Gasteiger partial charge < -0.3 is 5.32 Å². The van der Waals surface area contributed by atoms with E-state index in [2.05, 4.69) is 61.6 Å². The summed E-state index contributed by atoms with van der Waals surface area (Å²) in [7, 11) is 0. The Kier molecular flexibility index (Phi) is 5.07. The Hall–Kier alpha value is -2.19. The van der Waals surface area contributed by atoms with Gasteiger partial charge in [-0.2, -0.15) is 0 Å². The van der Waals surface area contributed by atoms with Gasteiger partial charge in [0.05, 0.1) is 5.52 Å². The van der Waals surface area contributed by atoms with Crippen LogP contribution in [-0.2, 0) is 0 Å². The SMILES string of the molecule is C=C/C=C(/C=C)C(C)NC(C)c1cccc2cccnc12. The van der Waals surface area contributed by atoms with E-state index in [0.29, 0.717) is 0 Å². The molecule has 1 heterocycles. The van der Waals surface area contributed by atoms with Gasteiger partial charge in [-0.25, -0.2) is 0 Å². The molecule has 0 aliphatic heterocycles. The van der Waals surface area contributed by atoms with E-state index in [9.17, 15) is 0 Å². The first kappa shape index (κ1) is 15.2. The zero-order valence-corrected chi connectivity index (χ0v) is 12.7. The smallest absolute Gasteiger partial charge is 0.0749 e. The van der Waals surface area contributed by atoms with Crippen LogP contribution in [0.5, 0.6) is 0 Å². The lowest BCUT2D eigenvalue weighted by Crippen LogP contribution is -2.30. The van der Waals surface area contributed by atoms with Crippen LogP contribution in [0.25, 0.3) is 10.9 Å². The van der Waals surface area contributed by atoms with Gasteiger partial charge in [-0.1, -0.05) is 55.7 Å². The molecule has 1 aromatic heterocycles. The molecule has 0 saturated heterocycles. The van der Waals surface area contributed by atoms with Crippen LogP contribution in [0.15, 0.2) is 73.5 Å². The van der Waals surface area contributed by atoms with Crippen LogP contribution in [0.3, 0.4) is 0 Å². The van der Waals surface area contributed by atoms with Crippen LogP contribution in [-0.4, -0.2) is 11.0 Å². The summed E-state index contributed by atoms with van der Waals surface area (Å²) in [6, 6.07) is 10.8. The topological polar surface area (TPSA) is 24.9 Å². The van der Waals surface area contributed by atoms with Crippen molar-refractivity contribution in [2.45, 2.75) is 25.9 Å². The lowest BCUT2D eigenvalue weighted by atomic mass is 10.0. The van der Waals surface area contributed by atoms with Gasteiger partial charge in [0.1, 0.15) is 0 Å². The molecule has 0 bridgehead atoms. The predicted octanol–water partition coefficient (Wildman–Crippen LogP) is 4.57. The summed E-state index contributed by atoms with van der Waals surface area (Å²) in [6.45, 7) is 11.9. The standard InChI is InChI=1S/C19H22N2/c1-5-9-16(6-2)14(3)21-15(4)18-12-7-10-17-11-8-13-20-19(17)18/h5-15,21H,1-2H2,3-4H3/b16-9-. The van der Waals surface area contributed by atoms with Gasteiger partial charge in [0.2, 0.25) is 0 Å². The molecular weight excluding hydrogens is 256 g/mol. The highest BCUT2D eigenvalue weighted by Crippen LogP contribution is 2.23. The van der Waals surface area contributed by atoms with Gasteiger partial charge in [0, 0.05) is 23.7 Å². The van der Waals surface area contributed by atoms with Crippen LogP contribution in [0.2, 0.25) is 0 Å². The third-order valence-electron chi connectivity index (χ3n) is 3.68. The van der Waals surface area contributed by atoms with Crippen LogP contribution in [0, 0.1) is 0 Å². The molecule has 1 aromatic carbocycles. The highest BCUT2D eigenvalue weighted by molar-refractivity contribution is 5.81. The Morgan fingerprint density at radius 1 is 1.19 bits per heavy atom. The first-order valence-corrected chi connectivity index (χ1v) is 7.22. The number of aromatic nitrogens is 1. The molecule has 1 N–H and O–H groups in total. The maximum absolute atomic E-state index is 4.52. The molecule has 0 saturated carbocycles. The second kappa shape index (κ2) is 7.00. The fourth-order valence-electron chi connectivity index (χ4n) is 2.56. The fraction of sp³-hybridized carbons (Fsp3) is 0.211. The minimum absolute atomic E-state index is 0.201. The van der Waals surface area contributed by atoms with Gasteiger partial charge in [0.15, 0.2) is 0 Å². The molecule has 2 heteroatoms. The second-order valence-electron chi connectivity index (χ2n) is 5.14. The second-order valence-corrected chi connectivity index (χ2v) is 5.14. The Bertz CT molecular complexity index is 665. The Labute approximate surface area is 126 Å². The fourth-order valence-corrected chi connectivity index (χ4v) is 2.56. The summed E-state index contributed by atoms with van der Waals surface area (Å²) >= 11 is 0. The summed E-state index contributed by atoms with van der Waals surface area (Å²) in [5, 5.41) is 4.77. The van der Waals surface area contributed by atoms with Crippen molar-refractivity contribution in [1.82, 2.24) is 10.3 Å².